The number of nitrogens with zero attached hydrogens (tertiary/aromatic N) is 2. The molecule has 2 rings (SSSR count). The first-order chi connectivity index (χ1) is 8.15. The molecule has 6 heteroatoms. The first-order valence-corrected chi connectivity index (χ1v) is 5.70. The topological polar surface area (TPSA) is 101 Å². The molecule has 1 aromatic rings. The van der Waals surface area contributed by atoms with Crippen LogP contribution < -0.4 is 11.1 Å². The average molecular weight is 236 g/mol. The predicted octanol–water partition coefficient (Wildman–Crippen LogP) is 0.148. The Balaban J connectivity index is 1.85. The van der Waals surface area contributed by atoms with Gasteiger partial charge in [-0.15, -0.1) is 10.2 Å². The summed E-state index contributed by atoms with van der Waals surface area (Å²) in [5.74, 6) is 0.516. The van der Waals surface area contributed by atoms with Gasteiger partial charge in [-0.1, -0.05) is 0 Å². The van der Waals surface area contributed by atoms with E-state index >= 15 is 0 Å². The molecule has 0 saturated heterocycles. The first kappa shape index (κ1) is 11.8. The summed E-state index contributed by atoms with van der Waals surface area (Å²) in [6.45, 7) is 0.766. The number of nitrogens with one attached hydrogen (secondary N) is 1. The molecule has 6 nitrogen and oxygen atoms in total. The zero-order chi connectivity index (χ0) is 12.3. The van der Waals surface area contributed by atoms with E-state index in [1.165, 1.54) is 0 Å². The molecule has 1 fully saturated rings. The van der Waals surface area contributed by atoms with E-state index in [0.717, 1.165) is 25.8 Å². The summed E-state index contributed by atoms with van der Waals surface area (Å²) in [5.41, 5.74) is 5.22. The fraction of sp³-hybridized carbons (Fsp3) is 0.545. The lowest BCUT2D eigenvalue weighted by Gasteiger charge is -2.10. The Bertz CT molecular complexity index is 393. The molecular weight excluding hydrogens is 220 g/mol. The van der Waals surface area contributed by atoms with Crippen LogP contribution in [0.1, 0.15) is 29.8 Å². The molecule has 1 heterocycles. The molecule has 92 valence electrons. The van der Waals surface area contributed by atoms with Gasteiger partial charge in [-0.05, 0) is 37.3 Å². The highest BCUT2D eigenvalue weighted by Crippen LogP contribution is 2.25. The molecular formula is C11H16N4O2. The van der Waals surface area contributed by atoms with Crippen LogP contribution in [0.5, 0.6) is 0 Å². The van der Waals surface area contributed by atoms with E-state index < -0.39 is 5.91 Å². The summed E-state index contributed by atoms with van der Waals surface area (Å²) < 4.78 is 0. The third kappa shape index (κ3) is 3.13. The minimum atomic E-state index is -0.581. The van der Waals surface area contributed by atoms with Crippen molar-refractivity contribution in [3.63, 3.8) is 0 Å². The largest absolute Gasteiger partial charge is 0.393 e. The number of hydrogen-bond acceptors (Lipinski definition) is 5. The number of hydrogen-bond donors (Lipinski definition) is 3. The van der Waals surface area contributed by atoms with Gasteiger partial charge >= 0.3 is 0 Å². The van der Waals surface area contributed by atoms with Crippen LogP contribution in [-0.2, 0) is 0 Å². The third-order valence-corrected chi connectivity index (χ3v) is 3.00. The second kappa shape index (κ2) is 5.09. The molecule has 0 bridgehead atoms. The molecule has 0 aromatic carbocycles. The van der Waals surface area contributed by atoms with E-state index in [-0.39, 0.29) is 11.8 Å². The van der Waals surface area contributed by atoms with Gasteiger partial charge in [0.05, 0.1) is 6.10 Å². The summed E-state index contributed by atoms with van der Waals surface area (Å²) in [6.07, 6.45) is 2.57. The van der Waals surface area contributed by atoms with Gasteiger partial charge in [0.15, 0.2) is 5.69 Å². The molecule has 1 saturated carbocycles. The zero-order valence-corrected chi connectivity index (χ0v) is 9.47. The lowest BCUT2D eigenvalue weighted by atomic mass is 10.1. The number of aromatic nitrogens is 2. The lowest BCUT2D eigenvalue weighted by Crippen LogP contribution is -2.16. The van der Waals surface area contributed by atoms with Gasteiger partial charge in [-0.3, -0.25) is 4.79 Å². The monoisotopic (exact) mass is 236 g/mol. The van der Waals surface area contributed by atoms with Crippen molar-refractivity contribution in [1.29, 1.82) is 0 Å². The van der Waals surface area contributed by atoms with Crippen LogP contribution in [0.15, 0.2) is 12.1 Å². The van der Waals surface area contributed by atoms with Crippen LogP contribution in [0.3, 0.4) is 0 Å². The second-order valence-electron chi connectivity index (χ2n) is 4.38. The molecule has 2 unspecified atom stereocenters. The maximum atomic E-state index is 10.8. The quantitative estimate of drug-likeness (QED) is 0.690. The van der Waals surface area contributed by atoms with Crippen molar-refractivity contribution < 1.29 is 9.90 Å². The number of carbonyl (C=O) groups is 1. The van der Waals surface area contributed by atoms with Crippen molar-refractivity contribution in [3.8, 4) is 0 Å². The lowest BCUT2D eigenvalue weighted by molar-refractivity contribution is 0.0994. The average Bonchev–Trinajstić information content (AvgIpc) is 2.73. The smallest absolute Gasteiger partial charge is 0.269 e. The van der Waals surface area contributed by atoms with Crippen LogP contribution in [-0.4, -0.2) is 33.9 Å². The van der Waals surface area contributed by atoms with Crippen LogP contribution in [0.4, 0.5) is 5.82 Å². The number of anilines is 1. The molecule has 2 atom stereocenters. The van der Waals surface area contributed by atoms with Crippen molar-refractivity contribution in [2.75, 3.05) is 11.9 Å². The number of aliphatic hydroxyl groups is 1. The molecule has 0 aliphatic heterocycles. The Morgan fingerprint density at radius 3 is 2.82 bits per heavy atom. The molecule has 17 heavy (non-hydrogen) atoms. The highest BCUT2D eigenvalue weighted by molar-refractivity contribution is 5.90. The van der Waals surface area contributed by atoms with Gasteiger partial charge in [0.2, 0.25) is 0 Å². The van der Waals surface area contributed by atoms with E-state index in [0.29, 0.717) is 11.7 Å². The fourth-order valence-corrected chi connectivity index (χ4v) is 2.04. The van der Waals surface area contributed by atoms with Gasteiger partial charge in [0.25, 0.3) is 5.91 Å². The molecule has 0 radical (unpaired) electrons. The molecule has 0 spiro atoms. The zero-order valence-electron chi connectivity index (χ0n) is 9.47. The van der Waals surface area contributed by atoms with Crippen molar-refractivity contribution in [2.24, 2.45) is 11.7 Å². The van der Waals surface area contributed by atoms with E-state index in [4.69, 9.17) is 5.73 Å². The summed E-state index contributed by atoms with van der Waals surface area (Å²) >= 11 is 0. The second-order valence-corrected chi connectivity index (χ2v) is 4.38. The number of carbonyl (C=O) groups excluding carboxylic acids is 1. The summed E-state index contributed by atoms with van der Waals surface area (Å²) in [6, 6.07) is 3.22. The SMILES string of the molecule is NC(=O)c1ccc(NCC2CCC(O)C2)nn1. The highest BCUT2D eigenvalue weighted by atomic mass is 16.3. The van der Waals surface area contributed by atoms with Crippen LogP contribution in [0.2, 0.25) is 0 Å². The van der Waals surface area contributed by atoms with Crippen molar-refractivity contribution >= 4 is 11.7 Å². The predicted molar refractivity (Wildman–Crippen MR) is 62.4 cm³/mol. The number of primary amides is 1. The van der Waals surface area contributed by atoms with Crippen molar-refractivity contribution in [3.05, 3.63) is 17.8 Å². The van der Waals surface area contributed by atoms with Crippen molar-refractivity contribution in [1.82, 2.24) is 10.2 Å². The highest BCUT2D eigenvalue weighted by Gasteiger charge is 2.22. The van der Waals surface area contributed by atoms with Crippen LogP contribution in [0.25, 0.3) is 0 Å². The Labute approximate surface area is 99.2 Å². The summed E-state index contributed by atoms with van der Waals surface area (Å²) in [7, 11) is 0. The Morgan fingerprint density at radius 2 is 2.29 bits per heavy atom. The number of aliphatic hydroxyl groups excluding tert-OH is 1. The third-order valence-electron chi connectivity index (χ3n) is 3.00. The Hall–Kier alpha value is -1.69. The van der Waals surface area contributed by atoms with Gasteiger partial charge in [-0.25, -0.2) is 0 Å². The van der Waals surface area contributed by atoms with Crippen molar-refractivity contribution in [2.45, 2.75) is 25.4 Å². The van der Waals surface area contributed by atoms with Crippen LogP contribution >= 0.6 is 0 Å². The first-order valence-electron chi connectivity index (χ1n) is 5.70. The minimum absolute atomic E-state index is 0.159. The molecule has 1 aliphatic rings. The molecule has 4 N–H and O–H groups in total. The van der Waals surface area contributed by atoms with E-state index in [9.17, 15) is 9.90 Å². The standard InChI is InChI=1S/C11H16N4O2/c12-11(17)9-3-4-10(15-14-9)13-6-7-1-2-8(16)5-7/h3-4,7-8,16H,1-2,5-6H2,(H2,12,17)(H,13,15). The maximum Gasteiger partial charge on any atom is 0.269 e. The summed E-state index contributed by atoms with van der Waals surface area (Å²) in [4.78, 5) is 10.8. The van der Waals surface area contributed by atoms with E-state index in [1.807, 2.05) is 0 Å². The van der Waals surface area contributed by atoms with Gasteiger partial charge in [0.1, 0.15) is 5.82 Å². The Morgan fingerprint density at radius 1 is 1.47 bits per heavy atom. The maximum absolute atomic E-state index is 10.8. The molecule has 1 aromatic heterocycles. The normalized spacial score (nSPS) is 23.6. The molecule has 1 aliphatic carbocycles. The molecule has 1 amide bonds. The van der Waals surface area contributed by atoms with Gasteiger partial charge < -0.3 is 16.2 Å². The minimum Gasteiger partial charge on any atom is -0.393 e. The Kier molecular flexibility index (Phi) is 3.53. The van der Waals surface area contributed by atoms with Gasteiger partial charge in [0, 0.05) is 6.54 Å². The number of amides is 1. The van der Waals surface area contributed by atoms with Gasteiger partial charge in [-0.2, -0.15) is 0 Å². The fourth-order valence-electron chi connectivity index (χ4n) is 2.04. The van der Waals surface area contributed by atoms with E-state index in [1.54, 1.807) is 12.1 Å². The van der Waals surface area contributed by atoms with E-state index in [2.05, 4.69) is 15.5 Å². The number of nitrogens with two attached hydrogens (primary N) is 1. The number of rotatable bonds is 4. The summed E-state index contributed by atoms with van der Waals surface area (Å²) in [5, 5.41) is 20.1. The van der Waals surface area contributed by atoms with Crippen LogP contribution in [0, 0.1) is 5.92 Å².